The summed E-state index contributed by atoms with van der Waals surface area (Å²) in [7, 11) is 1.20. The van der Waals surface area contributed by atoms with Gasteiger partial charge in [0.2, 0.25) is 6.29 Å². The van der Waals surface area contributed by atoms with Crippen LogP contribution >= 0.6 is 0 Å². The second-order valence-electron chi connectivity index (χ2n) is 8.00. The summed E-state index contributed by atoms with van der Waals surface area (Å²) in [5.74, 6) is -2.14. The minimum absolute atomic E-state index is 0.0311. The van der Waals surface area contributed by atoms with Gasteiger partial charge in [-0.05, 0) is 12.5 Å². The lowest BCUT2D eigenvalue weighted by molar-refractivity contribution is -0.340. The molecule has 12 nitrogen and oxygen atoms in total. The molecule has 182 valence electrons. The minimum Gasteiger partial charge on any atom is -0.471 e. The summed E-state index contributed by atoms with van der Waals surface area (Å²) < 4.78 is 27.3. The molecule has 1 saturated heterocycles. The van der Waals surface area contributed by atoms with Crippen molar-refractivity contribution in [2.75, 3.05) is 26.9 Å². The Labute approximate surface area is 184 Å². The van der Waals surface area contributed by atoms with Crippen LogP contribution in [0.2, 0.25) is 0 Å². The van der Waals surface area contributed by atoms with Crippen LogP contribution in [0.4, 0.5) is 0 Å². The highest BCUT2D eigenvalue weighted by Crippen LogP contribution is 2.45. The maximum absolute atomic E-state index is 12.3. The molecule has 3 aliphatic rings. The first-order valence-corrected chi connectivity index (χ1v) is 10.2. The number of ether oxygens (including phenoxy) is 5. The zero-order chi connectivity index (χ0) is 23.6. The Kier molecular flexibility index (Phi) is 8.25. The number of hydrogen-bond acceptors (Lipinski definition) is 12. The van der Waals surface area contributed by atoms with E-state index in [1.165, 1.54) is 14.0 Å². The molecule has 1 aliphatic carbocycles. The topological polar surface area (TPSA) is 185 Å². The van der Waals surface area contributed by atoms with Crippen LogP contribution in [0, 0.1) is 11.8 Å². The molecule has 1 fully saturated rings. The van der Waals surface area contributed by atoms with Gasteiger partial charge in [0, 0.05) is 5.92 Å². The molecule has 0 radical (unpaired) electrons. The fourth-order valence-electron chi connectivity index (χ4n) is 4.17. The SMILES string of the molecule is COC(=O)C1=CO[C@@H](O[C@@H]2O[C@H](CO)[C@@H](O)[C@H](O)[C@H]2O)[C@@H]2C(CO)=C[C@@H](OC[C@H](C)O)[C@H]12. The standard InChI is InChI=1S/C20H30O12/c1-8(23)6-29-11-3-9(4-21)13-14(11)10(18(27)28-2)7-30-19(13)32-20-17(26)16(25)15(24)12(5-22)31-20/h3,7-8,11-17,19-26H,4-6H2,1-2H3/t8-,11+,12+,13+,14-,15+,16-,17+,19-,20-/m0/s1. The van der Waals surface area contributed by atoms with Crippen LogP contribution < -0.4 is 0 Å². The van der Waals surface area contributed by atoms with Gasteiger partial charge in [-0.1, -0.05) is 6.08 Å². The molecule has 0 spiro atoms. The molecule has 2 aliphatic heterocycles. The summed E-state index contributed by atoms with van der Waals surface area (Å²) in [6, 6.07) is 0. The number of hydrogen-bond donors (Lipinski definition) is 6. The lowest BCUT2D eigenvalue weighted by atomic mass is 9.82. The molecule has 0 aromatic heterocycles. The van der Waals surface area contributed by atoms with E-state index in [4.69, 9.17) is 23.7 Å². The van der Waals surface area contributed by atoms with Gasteiger partial charge in [-0.15, -0.1) is 0 Å². The molecular formula is C20H30O12. The number of rotatable bonds is 8. The van der Waals surface area contributed by atoms with Gasteiger partial charge in [-0.2, -0.15) is 0 Å². The van der Waals surface area contributed by atoms with E-state index < -0.39 is 80.2 Å². The lowest BCUT2D eigenvalue weighted by Gasteiger charge is -2.43. The van der Waals surface area contributed by atoms with Crippen molar-refractivity contribution in [1.29, 1.82) is 0 Å². The van der Waals surface area contributed by atoms with Gasteiger partial charge in [-0.3, -0.25) is 0 Å². The molecule has 2 heterocycles. The number of aliphatic hydroxyl groups is 6. The highest BCUT2D eigenvalue weighted by molar-refractivity contribution is 5.89. The van der Waals surface area contributed by atoms with Gasteiger partial charge >= 0.3 is 5.97 Å². The zero-order valence-corrected chi connectivity index (χ0v) is 17.7. The summed E-state index contributed by atoms with van der Waals surface area (Å²) in [5.41, 5.74) is 0.552. The zero-order valence-electron chi connectivity index (χ0n) is 17.7. The number of methoxy groups -OCH3 is 1. The molecule has 0 saturated carbocycles. The maximum Gasteiger partial charge on any atom is 0.337 e. The largest absolute Gasteiger partial charge is 0.471 e. The summed E-state index contributed by atoms with van der Waals surface area (Å²) in [6.07, 6.45) is -7.47. The molecule has 6 N–H and O–H groups in total. The van der Waals surface area contributed by atoms with Crippen LogP contribution in [-0.4, -0.2) is 113 Å². The van der Waals surface area contributed by atoms with Gasteiger partial charge < -0.3 is 54.3 Å². The van der Waals surface area contributed by atoms with Crippen molar-refractivity contribution in [1.82, 2.24) is 0 Å². The summed E-state index contributed by atoms with van der Waals surface area (Å²) in [4.78, 5) is 12.3. The van der Waals surface area contributed by atoms with Gasteiger partial charge in [0.1, 0.15) is 24.4 Å². The van der Waals surface area contributed by atoms with E-state index in [1.54, 1.807) is 6.08 Å². The van der Waals surface area contributed by atoms with E-state index in [-0.39, 0.29) is 12.2 Å². The second-order valence-corrected chi connectivity index (χ2v) is 8.00. The van der Waals surface area contributed by atoms with Crippen molar-refractivity contribution in [2.24, 2.45) is 11.8 Å². The molecule has 32 heavy (non-hydrogen) atoms. The smallest absolute Gasteiger partial charge is 0.337 e. The van der Waals surface area contributed by atoms with Gasteiger partial charge in [0.15, 0.2) is 6.29 Å². The van der Waals surface area contributed by atoms with Crippen LogP contribution in [0.15, 0.2) is 23.5 Å². The van der Waals surface area contributed by atoms with Crippen molar-refractivity contribution < 1.29 is 59.1 Å². The molecule has 0 unspecified atom stereocenters. The molecular weight excluding hydrogens is 432 g/mol. The quantitative estimate of drug-likeness (QED) is 0.160. The van der Waals surface area contributed by atoms with Gasteiger partial charge in [-0.25, -0.2) is 4.79 Å². The molecule has 0 amide bonds. The Morgan fingerprint density at radius 3 is 2.44 bits per heavy atom. The molecule has 3 rings (SSSR count). The Morgan fingerprint density at radius 1 is 1.12 bits per heavy atom. The van der Waals surface area contributed by atoms with E-state index in [2.05, 4.69) is 0 Å². The van der Waals surface area contributed by atoms with Crippen molar-refractivity contribution >= 4 is 5.97 Å². The average molecular weight is 462 g/mol. The number of fused-ring (bicyclic) bond motifs is 1. The normalized spacial score (nSPS) is 40.1. The maximum atomic E-state index is 12.3. The predicted molar refractivity (Wildman–Crippen MR) is 103 cm³/mol. The van der Waals surface area contributed by atoms with Crippen molar-refractivity contribution in [3.63, 3.8) is 0 Å². The Hall–Kier alpha value is -1.61. The number of aliphatic hydroxyl groups excluding tert-OH is 6. The fraction of sp³-hybridized carbons (Fsp3) is 0.750. The van der Waals surface area contributed by atoms with Crippen molar-refractivity contribution in [3.05, 3.63) is 23.5 Å². The molecule has 0 aromatic carbocycles. The molecule has 0 aromatic rings. The summed E-state index contributed by atoms with van der Waals surface area (Å²) >= 11 is 0. The van der Waals surface area contributed by atoms with Crippen LogP contribution in [0.5, 0.6) is 0 Å². The number of carbonyl (C=O) groups excluding carboxylic acids is 1. The Morgan fingerprint density at radius 2 is 1.84 bits per heavy atom. The van der Waals surface area contributed by atoms with Crippen molar-refractivity contribution in [2.45, 2.75) is 56.1 Å². The monoisotopic (exact) mass is 462 g/mol. The second kappa shape index (κ2) is 10.5. The highest BCUT2D eigenvalue weighted by atomic mass is 16.8. The third kappa shape index (κ3) is 4.83. The van der Waals surface area contributed by atoms with Gasteiger partial charge in [0.25, 0.3) is 0 Å². The van der Waals surface area contributed by atoms with E-state index in [9.17, 15) is 35.4 Å². The average Bonchev–Trinajstić information content (AvgIpc) is 3.16. The van der Waals surface area contributed by atoms with E-state index >= 15 is 0 Å². The van der Waals surface area contributed by atoms with Crippen LogP contribution in [0.25, 0.3) is 0 Å². The van der Waals surface area contributed by atoms with E-state index in [0.29, 0.717) is 5.57 Å². The third-order valence-electron chi connectivity index (χ3n) is 5.78. The van der Waals surface area contributed by atoms with Crippen LogP contribution in [0.1, 0.15) is 6.92 Å². The van der Waals surface area contributed by atoms with Gasteiger partial charge in [0.05, 0.1) is 56.9 Å². The first-order valence-electron chi connectivity index (χ1n) is 10.2. The molecule has 0 bridgehead atoms. The van der Waals surface area contributed by atoms with Crippen LogP contribution in [-0.2, 0) is 28.5 Å². The highest BCUT2D eigenvalue weighted by Gasteiger charge is 2.52. The van der Waals surface area contributed by atoms with Crippen molar-refractivity contribution in [3.8, 4) is 0 Å². The van der Waals surface area contributed by atoms with E-state index in [1.807, 2.05) is 0 Å². The summed E-state index contributed by atoms with van der Waals surface area (Å²) in [6.45, 7) is 0.458. The Balaban J connectivity index is 1.87. The number of carbonyl (C=O) groups is 1. The number of esters is 1. The molecule has 12 heteroatoms. The van der Waals surface area contributed by atoms with Crippen LogP contribution in [0.3, 0.4) is 0 Å². The predicted octanol–water partition coefficient (Wildman–Crippen LogP) is -2.85. The summed E-state index contributed by atoms with van der Waals surface area (Å²) in [5, 5.41) is 59.1. The first-order chi connectivity index (χ1) is 15.2. The minimum atomic E-state index is -1.66. The first kappa shape index (κ1) is 25.0. The Bertz CT molecular complexity index is 719. The fourth-order valence-corrected chi connectivity index (χ4v) is 4.17. The lowest BCUT2D eigenvalue weighted by Crippen LogP contribution is -2.60. The third-order valence-corrected chi connectivity index (χ3v) is 5.78. The van der Waals surface area contributed by atoms with E-state index in [0.717, 1.165) is 6.26 Å². The molecule has 10 atom stereocenters.